The molecule has 0 unspecified atom stereocenters. The fraction of sp³-hybridized carbons (Fsp3) is 0.290. The summed E-state index contributed by atoms with van der Waals surface area (Å²) in [6.45, 7) is 1.05. The van der Waals surface area contributed by atoms with Crippen molar-refractivity contribution in [1.29, 1.82) is 0 Å². The van der Waals surface area contributed by atoms with Crippen molar-refractivity contribution in [3.63, 3.8) is 0 Å². The summed E-state index contributed by atoms with van der Waals surface area (Å²) in [7, 11) is 0. The number of rotatable bonds is 10. The van der Waals surface area contributed by atoms with Crippen LogP contribution in [0.5, 0.6) is 0 Å². The van der Waals surface area contributed by atoms with E-state index in [4.69, 9.17) is 9.96 Å². The standard InChI is InChI=1S/3C7H7O.C5H5.5CH3.3ClH.Ti/c3*8-6-7-4-2-1-3-5-7;1-2-4-5-3-1;;;;;;;;;/h3*1-5H,6H2;1-3H,4H2;5*1H3;3*1H;/q3*-1;;;;;;;;;;+3. The van der Waals surface area contributed by atoms with Crippen molar-refractivity contribution < 1.29 is 21.3 Å². The van der Waals surface area contributed by atoms with Gasteiger partial charge in [-0.3, -0.25) is 0 Å². The van der Waals surface area contributed by atoms with Crippen LogP contribution in [0.1, 0.15) is 23.1 Å². The zero-order valence-electron chi connectivity index (χ0n) is 23.2. The van der Waals surface area contributed by atoms with Gasteiger partial charge in [-0.15, -0.1) is 37.2 Å². The Balaban J connectivity index is 0.00000241. The van der Waals surface area contributed by atoms with Crippen molar-refractivity contribution >= 4 is 37.2 Å². The van der Waals surface area contributed by atoms with E-state index in [0.29, 0.717) is 26.2 Å². The molecule has 211 valence electrons. The van der Waals surface area contributed by atoms with Crippen LogP contribution in [0.15, 0.2) is 113 Å². The second kappa shape index (κ2) is 8.32. The molecule has 0 amide bonds. The molecule has 38 heavy (non-hydrogen) atoms. The van der Waals surface area contributed by atoms with Gasteiger partial charge in [-0.1, -0.05) is 0 Å². The zero-order valence-corrected chi connectivity index (χ0v) is 27.2. The van der Waals surface area contributed by atoms with Gasteiger partial charge in [0.2, 0.25) is 0 Å². The van der Waals surface area contributed by atoms with Crippen LogP contribution >= 0.6 is 37.2 Å². The second-order valence-electron chi connectivity index (χ2n) is 16.5. The molecule has 4 rings (SSSR count). The molecule has 0 fully saturated rings. The van der Waals surface area contributed by atoms with Gasteiger partial charge in [-0.2, -0.15) is 0 Å². The third-order valence-corrected chi connectivity index (χ3v) is 24.8. The van der Waals surface area contributed by atoms with E-state index in [0.717, 1.165) is 20.6 Å². The fourth-order valence-corrected chi connectivity index (χ4v) is 15.6. The van der Waals surface area contributed by atoms with E-state index in [2.05, 4.69) is 80.8 Å². The molecule has 0 bridgehead atoms. The van der Waals surface area contributed by atoms with Crippen molar-refractivity contribution in [1.82, 2.24) is 0 Å². The number of halogens is 3. The predicted octanol–water partition coefficient (Wildman–Crippen LogP) is 10.6. The zero-order chi connectivity index (χ0) is 25.3. The van der Waals surface area contributed by atoms with Crippen LogP contribution in [0.3, 0.4) is 0 Å². The number of hydrogen-bond donors (Lipinski definition) is 0. The number of allylic oxidation sites excluding steroid dienone is 4. The summed E-state index contributed by atoms with van der Waals surface area (Å²) in [5.74, 6) is 0. The van der Waals surface area contributed by atoms with Gasteiger partial charge in [0.25, 0.3) is 0 Å². The minimum atomic E-state index is -6.91. The first-order valence-electron chi connectivity index (χ1n) is 12.7. The summed E-state index contributed by atoms with van der Waals surface area (Å²) in [6, 6.07) is 30.8. The van der Waals surface area contributed by atoms with Crippen LogP contribution in [0.4, 0.5) is 0 Å². The first-order valence-corrected chi connectivity index (χ1v) is 23.2. The maximum atomic E-state index is 7.48. The van der Waals surface area contributed by atoms with Crippen LogP contribution in [0, 0.1) is 0 Å². The molecule has 7 heteroatoms. The van der Waals surface area contributed by atoms with Gasteiger partial charge >= 0.3 is 203 Å². The Bertz CT molecular complexity index is 1260. The third-order valence-electron chi connectivity index (χ3n) is 8.75. The normalized spacial score (nSPS) is 18.2. The van der Waals surface area contributed by atoms with Gasteiger partial charge in [-0.25, -0.2) is 0 Å². The Morgan fingerprint density at radius 2 is 0.842 bits per heavy atom. The molecule has 0 N–H and O–H groups in total. The van der Waals surface area contributed by atoms with Crippen molar-refractivity contribution in [3.8, 4) is 0 Å². The molecule has 1 aliphatic carbocycles. The van der Waals surface area contributed by atoms with Gasteiger partial charge in [0, 0.05) is 0 Å². The molecular formula is C31H44Cl3O3Ti. The molecule has 0 aliphatic heterocycles. The molecular weight excluding hydrogens is 575 g/mol. The first kappa shape index (κ1) is 34.6. The van der Waals surface area contributed by atoms with Gasteiger partial charge in [0.1, 0.15) is 0 Å². The molecule has 0 aromatic heterocycles. The fourth-order valence-electron chi connectivity index (χ4n) is 5.34. The Hall–Kier alpha value is -1.40. The quantitative estimate of drug-likeness (QED) is 0.212. The minimum absolute atomic E-state index is 0. The van der Waals surface area contributed by atoms with Gasteiger partial charge < -0.3 is 0 Å². The van der Waals surface area contributed by atoms with Gasteiger partial charge in [0.15, 0.2) is 0 Å². The second-order valence-corrected chi connectivity index (χ2v) is 49.7. The third kappa shape index (κ3) is 6.32. The van der Waals surface area contributed by atoms with E-state index >= 15 is 0 Å². The summed E-state index contributed by atoms with van der Waals surface area (Å²) in [6.07, 6.45) is 7.08. The summed E-state index contributed by atoms with van der Waals surface area (Å²) >= 11 is -6.91. The van der Waals surface area contributed by atoms with Gasteiger partial charge in [0.05, 0.1) is 0 Å². The average Bonchev–Trinajstić information content (AvgIpc) is 3.42. The van der Waals surface area contributed by atoms with Gasteiger partial charge in [-0.05, 0) is 0 Å². The molecule has 0 atom stereocenters. The van der Waals surface area contributed by atoms with Crippen LogP contribution in [-0.4, -0.2) is 0 Å². The van der Waals surface area contributed by atoms with Crippen molar-refractivity contribution in [2.75, 3.05) is 0 Å². The summed E-state index contributed by atoms with van der Waals surface area (Å²) in [5.41, 5.74) is 3.20. The molecule has 0 spiro atoms. The van der Waals surface area contributed by atoms with E-state index < -0.39 is 11.3 Å². The van der Waals surface area contributed by atoms with E-state index in [1.54, 1.807) is 0 Å². The summed E-state index contributed by atoms with van der Waals surface area (Å²) in [4.78, 5) is 0. The van der Waals surface area contributed by atoms with Crippen molar-refractivity contribution in [2.45, 2.75) is 52.4 Å². The monoisotopic (exact) mass is 617 g/mol. The Labute approximate surface area is 239 Å². The van der Waals surface area contributed by atoms with E-state index in [-0.39, 0.29) is 37.2 Å². The molecule has 3 nitrogen and oxygen atoms in total. The van der Waals surface area contributed by atoms with E-state index in [1.165, 1.54) is 0 Å². The number of benzene rings is 3. The molecule has 0 radical (unpaired) electrons. The molecule has 3 aromatic rings. The van der Waals surface area contributed by atoms with Crippen molar-refractivity contribution in [2.24, 2.45) is 0 Å². The molecule has 0 saturated heterocycles. The maximum absolute atomic E-state index is 7.48. The predicted molar refractivity (Wildman–Crippen MR) is 167 cm³/mol. The van der Waals surface area contributed by atoms with Crippen LogP contribution in [0.25, 0.3) is 0 Å². The molecule has 1 aliphatic rings. The topological polar surface area (TPSA) is 27.7 Å². The van der Waals surface area contributed by atoms with Crippen LogP contribution in [0.2, 0.25) is 26.1 Å². The summed E-state index contributed by atoms with van der Waals surface area (Å²) in [5, 5.41) is 10.7. The molecule has 0 heterocycles. The Morgan fingerprint density at radius 1 is 0.526 bits per heavy atom. The van der Waals surface area contributed by atoms with E-state index in [1.807, 2.05) is 54.6 Å². The molecule has 3 aromatic carbocycles. The average molecular weight is 619 g/mol. The Morgan fingerprint density at radius 3 is 1.11 bits per heavy atom. The SMILES string of the molecule is Cl.Cl.Cl.[CH3][Ti]([CH3])([CH3])([CH3])([CH3])([O]Cc1ccccc1)([O]Cc1ccccc1)([O]Cc1ccccc1)[C]1=CC=CC1. The van der Waals surface area contributed by atoms with Crippen LogP contribution in [-0.2, 0) is 41.1 Å². The summed E-state index contributed by atoms with van der Waals surface area (Å²) < 4.78 is 23.5. The number of hydrogen-bond acceptors (Lipinski definition) is 3. The van der Waals surface area contributed by atoms with Crippen LogP contribution < -0.4 is 0 Å². The Kier molecular flexibility index (Phi) is 7.58. The first-order chi connectivity index (χ1) is 16.1. The van der Waals surface area contributed by atoms with E-state index in [9.17, 15) is 0 Å². The molecule has 0 saturated carbocycles. The van der Waals surface area contributed by atoms with Crippen molar-refractivity contribution in [3.05, 3.63) is 130 Å².